The van der Waals surface area contributed by atoms with Crippen LogP contribution in [0.4, 0.5) is 0 Å². The molecule has 5 heteroatoms. The predicted octanol–water partition coefficient (Wildman–Crippen LogP) is 1.72. The van der Waals surface area contributed by atoms with Crippen molar-refractivity contribution >= 4 is 5.78 Å². The number of carbonyl (C=O) groups excluding carboxylic acids is 1. The summed E-state index contributed by atoms with van der Waals surface area (Å²) in [6.45, 7) is 1.43. The maximum atomic E-state index is 11.0. The number of Topliss-reactive ketones (excluding diaryl/α,β-unsaturated/α-hetero) is 1. The number of hydrogen-bond donors (Lipinski definition) is 1. The molecule has 1 atom stereocenters. The van der Waals surface area contributed by atoms with E-state index in [-0.39, 0.29) is 12.2 Å². The maximum Gasteiger partial charge on any atom is 0.203 e. The van der Waals surface area contributed by atoms with Gasteiger partial charge in [0.2, 0.25) is 5.75 Å². The van der Waals surface area contributed by atoms with Crippen LogP contribution in [0, 0.1) is 0 Å². The normalized spacial score (nSPS) is 11.8. The third-order valence-electron chi connectivity index (χ3n) is 2.55. The van der Waals surface area contributed by atoms with Crippen LogP contribution < -0.4 is 14.2 Å². The highest BCUT2D eigenvalue weighted by molar-refractivity contribution is 5.76. The van der Waals surface area contributed by atoms with Crippen LogP contribution in [0.25, 0.3) is 0 Å². The highest BCUT2D eigenvalue weighted by atomic mass is 16.5. The molecule has 0 amide bonds. The van der Waals surface area contributed by atoms with Crippen LogP contribution in [0.3, 0.4) is 0 Å². The Labute approximate surface area is 106 Å². The highest BCUT2D eigenvalue weighted by Crippen LogP contribution is 2.40. The van der Waals surface area contributed by atoms with Crippen LogP contribution in [-0.2, 0) is 4.79 Å². The Hall–Kier alpha value is -1.75. The van der Waals surface area contributed by atoms with E-state index in [0.29, 0.717) is 22.8 Å². The van der Waals surface area contributed by atoms with Gasteiger partial charge >= 0.3 is 0 Å². The van der Waals surface area contributed by atoms with E-state index in [1.807, 2.05) is 0 Å². The van der Waals surface area contributed by atoms with E-state index in [2.05, 4.69) is 0 Å². The van der Waals surface area contributed by atoms with Crippen molar-refractivity contribution in [3.8, 4) is 17.2 Å². The molecule has 0 radical (unpaired) electrons. The topological polar surface area (TPSA) is 65.0 Å². The maximum absolute atomic E-state index is 11.0. The molecular formula is C13H18O5. The van der Waals surface area contributed by atoms with Gasteiger partial charge in [-0.15, -0.1) is 0 Å². The second-order valence-corrected chi connectivity index (χ2v) is 3.88. The number of carbonyl (C=O) groups is 1. The number of ketones is 1. The van der Waals surface area contributed by atoms with Gasteiger partial charge in [-0.2, -0.15) is 0 Å². The summed E-state index contributed by atoms with van der Waals surface area (Å²) in [5.41, 5.74) is 0.555. The van der Waals surface area contributed by atoms with Crippen LogP contribution in [0.15, 0.2) is 12.1 Å². The minimum absolute atomic E-state index is 0.0542. The fourth-order valence-electron chi connectivity index (χ4n) is 1.68. The Bertz CT molecular complexity index is 402. The summed E-state index contributed by atoms with van der Waals surface area (Å²) in [7, 11) is 4.50. The Morgan fingerprint density at radius 2 is 1.67 bits per heavy atom. The van der Waals surface area contributed by atoms with Crippen molar-refractivity contribution in [1.82, 2.24) is 0 Å². The minimum atomic E-state index is -0.879. The third kappa shape index (κ3) is 3.13. The lowest BCUT2D eigenvalue weighted by Crippen LogP contribution is -2.05. The van der Waals surface area contributed by atoms with Gasteiger partial charge in [0.1, 0.15) is 5.78 Å². The zero-order valence-corrected chi connectivity index (χ0v) is 11.0. The molecule has 0 heterocycles. The molecule has 0 fully saturated rings. The van der Waals surface area contributed by atoms with Crippen LogP contribution >= 0.6 is 0 Å². The molecule has 0 aliphatic carbocycles. The monoisotopic (exact) mass is 254 g/mol. The number of hydrogen-bond acceptors (Lipinski definition) is 5. The molecule has 18 heavy (non-hydrogen) atoms. The van der Waals surface area contributed by atoms with Gasteiger partial charge in [0.05, 0.1) is 27.4 Å². The van der Waals surface area contributed by atoms with E-state index in [1.165, 1.54) is 28.3 Å². The Morgan fingerprint density at radius 1 is 1.17 bits per heavy atom. The van der Waals surface area contributed by atoms with Gasteiger partial charge in [0.25, 0.3) is 0 Å². The molecule has 1 aromatic rings. The molecule has 0 saturated carbocycles. The summed E-state index contributed by atoms with van der Waals surface area (Å²) in [6, 6.07) is 3.27. The first kappa shape index (κ1) is 14.3. The van der Waals surface area contributed by atoms with Crippen LogP contribution in [-0.4, -0.2) is 32.2 Å². The summed E-state index contributed by atoms with van der Waals surface area (Å²) >= 11 is 0. The smallest absolute Gasteiger partial charge is 0.203 e. The molecule has 0 aliphatic rings. The first-order valence-corrected chi connectivity index (χ1v) is 5.50. The Kier molecular flexibility index (Phi) is 4.97. The van der Waals surface area contributed by atoms with Gasteiger partial charge in [-0.1, -0.05) is 0 Å². The summed E-state index contributed by atoms with van der Waals surface area (Å²) in [5, 5.41) is 9.92. The standard InChI is InChI=1S/C13H18O5/c1-8(14)5-10(15)9-6-11(16-2)13(18-4)12(7-9)17-3/h6-7,10,15H,5H2,1-4H3. The van der Waals surface area contributed by atoms with Crippen molar-refractivity contribution in [2.75, 3.05) is 21.3 Å². The molecule has 0 saturated heterocycles. The summed E-state index contributed by atoms with van der Waals surface area (Å²) in [4.78, 5) is 11.0. The molecule has 5 nitrogen and oxygen atoms in total. The molecule has 1 unspecified atom stereocenters. The van der Waals surface area contributed by atoms with Gasteiger partial charge in [-0.3, -0.25) is 4.79 Å². The number of aliphatic hydroxyl groups excluding tert-OH is 1. The van der Waals surface area contributed by atoms with Crippen LogP contribution in [0.5, 0.6) is 17.2 Å². The molecule has 100 valence electrons. The first-order chi connectivity index (χ1) is 8.53. The Balaban J connectivity index is 3.18. The van der Waals surface area contributed by atoms with Crippen molar-refractivity contribution < 1.29 is 24.1 Å². The molecule has 0 aromatic heterocycles. The Morgan fingerprint density at radius 3 is 2.00 bits per heavy atom. The van der Waals surface area contributed by atoms with Crippen LogP contribution in [0.1, 0.15) is 25.0 Å². The average Bonchev–Trinajstić information content (AvgIpc) is 2.35. The fourth-order valence-corrected chi connectivity index (χ4v) is 1.68. The van der Waals surface area contributed by atoms with Crippen molar-refractivity contribution in [1.29, 1.82) is 0 Å². The number of rotatable bonds is 6. The van der Waals surface area contributed by atoms with Gasteiger partial charge in [0, 0.05) is 6.42 Å². The molecule has 0 bridgehead atoms. The second-order valence-electron chi connectivity index (χ2n) is 3.88. The molecule has 1 aromatic carbocycles. The van der Waals surface area contributed by atoms with Crippen molar-refractivity contribution in [3.63, 3.8) is 0 Å². The summed E-state index contributed by atoms with van der Waals surface area (Å²) in [5.74, 6) is 1.28. The lowest BCUT2D eigenvalue weighted by molar-refractivity contribution is -0.118. The van der Waals surface area contributed by atoms with E-state index in [9.17, 15) is 9.90 Å². The second kappa shape index (κ2) is 6.26. The van der Waals surface area contributed by atoms with Crippen molar-refractivity contribution in [3.05, 3.63) is 17.7 Å². The number of benzene rings is 1. The van der Waals surface area contributed by atoms with Gasteiger partial charge in [-0.05, 0) is 24.6 Å². The number of methoxy groups -OCH3 is 3. The number of ether oxygens (including phenoxy) is 3. The molecule has 0 spiro atoms. The summed E-state index contributed by atoms with van der Waals surface area (Å²) in [6.07, 6.45) is -0.824. The lowest BCUT2D eigenvalue weighted by Gasteiger charge is -2.16. The van der Waals surface area contributed by atoms with E-state index in [1.54, 1.807) is 12.1 Å². The minimum Gasteiger partial charge on any atom is -0.493 e. The summed E-state index contributed by atoms with van der Waals surface area (Å²) < 4.78 is 15.5. The van der Waals surface area contributed by atoms with E-state index < -0.39 is 6.10 Å². The number of aliphatic hydroxyl groups is 1. The van der Waals surface area contributed by atoms with Gasteiger partial charge in [0.15, 0.2) is 11.5 Å². The van der Waals surface area contributed by atoms with E-state index >= 15 is 0 Å². The zero-order chi connectivity index (χ0) is 13.7. The molecule has 1 N–H and O–H groups in total. The van der Waals surface area contributed by atoms with Gasteiger partial charge in [-0.25, -0.2) is 0 Å². The predicted molar refractivity (Wildman–Crippen MR) is 66.4 cm³/mol. The van der Waals surface area contributed by atoms with E-state index in [0.717, 1.165) is 0 Å². The largest absolute Gasteiger partial charge is 0.493 e. The quantitative estimate of drug-likeness (QED) is 0.837. The highest BCUT2D eigenvalue weighted by Gasteiger charge is 2.18. The van der Waals surface area contributed by atoms with Crippen molar-refractivity contribution in [2.45, 2.75) is 19.4 Å². The molecular weight excluding hydrogens is 236 g/mol. The van der Waals surface area contributed by atoms with Crippen LogP contribution in [0.2, 0.25) is 0 Å². The van der Waals surface area contributed by atoms with Crippen molar-refractivity contribution in [2.24, 2.45) is 0 Å². The lowest BCUT2D eigenvalue weighted by atomic mass is 10.0. The fraction of sp³-hybridized carbons (Fsp3) is 0.462. The SMILES string of the molecule is COc1cc(C(O)CC(C)=O)cc(OC)c1OC. The van der Waals surface area contributed by atoms with E-state index in [4.69, 9.17) is 14.2 Å². The molecule has 0 aliphatic heterocycles. The average molecular weight is 254 g/mol. The first-order valence-electron chi connectivity index (χ1n) is 5.50. The zero-order valence-electron chi connectivity index (χ0n) is 11.0. The molecule has 1 rings (SSSR count). The van der Waals surface area contributed by atoms with Gasteiger partial charge < -0.3 is 19.3 Å². The third-order valence-corrected chi connectivity index (χ3v) is 2.55.